The molecule has 0 unspecified atom stereocenters. The summed E-state index contributed by atoms with van der Waals surface area (Å²) < 4.78 is 12.9. The van der Waals surface area contributed by atoms with Gasteiger partial charge in [-0.2, -0.15) is 0 Å². The first kappa shape index (κ1) is 8.74. The van der Waals surface area contributed by atoms with Crippen molar-refractivity contribution >= 4 is 0 Å². The van der Waals surface area contributed by atoms with Crippen LogP contribution in [0.15, 0.2) is 24.4 Å². The largest absolute Gasteiger partial charge is 0.493 e. The second-order valence-corrected chi connectivity index (χ2v) is 3.08. The number of imidazole rings is 1. The number of nitrogens with one attached hydrogen (secondary N) is 1. The van der Waals surface area contributed by atoms with E-state index in [1.807, 2.05) is 0 Å². The summed E-state index contributed by atoms with van der Waals surface area (Å²) in [7, 11) is 0. The second-order valence-electron chi connectivity index (χ2n) is 3.08. The van der Waals surface area contributed by atoms with Gasteiger partial charge in [-0.3, -0.25) is 0 Å². The van der Waals surface area contributed by atoms with Gasteiger partial charge in [-0.05, 0) is 30.7 Å². The van der Waals surface area contributed by atoms with E-state index in [-0.39, 0.29) is 11.7 Å². The summed E-state index contributed by atoms with van der Waals surface area (Å²) in [6.07, 6.45) is 1.31. The summed E-state index contributed by atoms with van der Waals surface area (Å²) in [6.45, 7) is 1.68. The SMILES string of the molecule is Cc1cc(-c2ncc(O)[nH]2)ccc1F. The molecule has 0 aliphatic heterocycles. The quantitative estimate of drug-likeness (QED) is 0.727. The Hall–Kier alpha value is -1.84. The van der Waals surface area contributed by atoms with Gasteiger partial charge in [0.2, 0.25) is 5.88 Å². The molecule has 0 atom stereocenters. The number of aromatic amines is 1. The summed E-state index contributed by atoms with van der Waals surface area (Å²) in [5.74, 6) is 0.289. The lowest BCUT2D eigenvalue weighted by molar-refractivity contribution is 0.457. The van der Waals surface area contributed by atoms with Crippen LogP contribution < -0.4 is 0 Å². The fourth-order valence-electron chi connectivity index (χ4n) is 1.25. The van der Waals surface area contributed by atoms with Crippen molar-refractivity contribution in [3.63, 3.8) is 0 Å². The maximum Gasteiger partial charge on any atom is 0.208 e. The van der Waals surface area contributed by atoms with Gasteiger partial charge in [0.25, 0.3) is 0 Å². The Morgan fingerprint density at radius 2 is 2.21 bits per heavy atom. The van der Waals surface area contributed by atoms with E-state index in [0.29, 0.717) is 11.4 Å². The van der Waals surface area contributed by atoms with Crippen molar-refractivity contribution < 1.29 is 9.50 Å². The van der Waals surface area contributed by atoms with E-state index in [4.69, 9.17) is 5.11 Å². The van der Waals surface area contributed by atoms with E-state index in [1.54, 1.807) is 19.1 Å². The minimum Gasteiger partial charge on any atom is -0.493 e. The molecule has 3 nitrogen and oxygen atoms in total. The Balaban J connectivity index is 2.47. The number of halogens is 1. The van der Waals surface area contributed by atoms with Crippen molar-refractivity contribution in [1.29, 1.82) is 0 Å². The Kier molecular flexibility index (Phi) is 1.96. The van der Waals surface area contributed by atoms with Crippen LogP contribution in [0, 0.1) is 12.7 Å². The molecule has 0 spiro atoms. The van der Waals surface area contributed by atoms with Gasteiger partial charge in [-0.1, -0.05) is 0 Å². The smallest absolute Gasteiger partial charge is 0.208 e. The zero-order valence-corrected chi connectivity index (χ0v) is 7.58. The molecule has 2 aromatic rings. The van der Waals surface area contributed by atoms with Gasteiger partial charge in [0.1, 0.15) is 11.6 Å². The van der Waals surface area contributed by atoms with Crippen LogP contribution in [0.4, 0.5) is 4.39 Å². The molecule has 0 aliphatic rings. The predicted octanol–water partition coefficient (Wildman–Crippen LogP) is 2.23. The van der Waals surface area contributed by atoms with Gasteiger partial charge < -0.3 is 10.1 Å². The normalized spacial score (nSPS) is 10.4. The Morgan fingerprint density at radius 3 is 2.79 bits per heavy atom. The molecular formula is C10H9FN2O. The van der Waals surface area contributed by atoms with Gasteiger partial charge in [0.15, 0.2) is 0 Å². The standard InChI is InChI=1S/C10H9FN2O/c1-6-4-7(2-3-8(6)11)10-12-5-9(14)13-10/h2-5,14H,1H3,(H,12,13). The zero-order chi connectivity index (χ0) is 10.1. The topological polar surface area (TPSA) is 48.9 Å². The Bertz CT molecular complexity index is 465. The molecule has 0 amide bonds. The molecule has 4 heteroatoms. The van der Waals surface area contributed by atoms with Gasteiger partial charge in [-0.25, -0.2) is 9.37 Å². The van der Waals surface area contributed by atoms with Crippen molar-refractivity contribution in [1.82, 2.24) is 9.97 Å². The molecule has 1 heterocycles. The molecule has 0 fully saturated rings. The molecule has 2 rings (SSSR count). The average molecular weight is 192 g/mol. The lowest BCUT2D eigenvalue weighted by atomic mass is 10.1. The number of H-pyrrole nitrogens is 1. The minimum absolute atomic E-state index is 0.00183. The molecule has 0 radical (unpaired) electrons. The number of benzene rings is 1. The Morgan fingerprint density at radius 1 is 1.43 bits per heavy atom. The van der Waals surface area contributed by atoms with E-state index < -0.39 is 0 Å². The third kappa shape index (κ3) is 1.46. The molecule has 0 saturated carbocycles. The summed E-state index contributed by atoms with van der Waals surface area (Å²) in [5.41, 5.74) is 1.31. The van der Waals surface area contributed by atoms with Crippen LogP contribution in [0.2, 0.25) is 0 Å². The average Bonchev–Trinajstić information content (AvgIpc) is 2.57. The number of aryl methyl sites for hydroxylation is 1. The number of aromatic hydroxyl groups is 1. The number of nitrogens with zero attached hydrogens (tertiary/aromatic N) is 1. The highest BCUT2D eigenvalue weighted by molar-refractivity contribution is 5.56. The lowest BCUT2D eigenvalue weighted by Crippen LogP contribution is -1.85. The second kappa shape index (κ2) is 3.14. The molecular weight excluding hydrogens is 183 g/mol. The fourth-order valence-corrected chi connectivity index (χ4v) is 1.25. The van der Waals surface area contributed by atoms with Crippen LogP contribution in [0.25, 0.3) is 11.4 Å². The van der Waals surface area contributed by atoms with Crippen molar-refractivity contribution in [2.45, 2.75) is 6.92 Å². The summed E-state index contributed by atoms with van der Waals surface area (Å²) in [6, 6.07) is 4.67. The fraction of sp³-hybridized carbons (Fsp3) is 0.100. The first-order valence-corrected chi connectivity index (χ1v) is 4.17. The maximum atomic E-state index is 12.9. The molecule has 1 aromatic heterocycles. The van der Waals surface area contributed by atoms with Crippen molar-refractivity contribution in [2.24, 2.45) is 0 Å². The van der Waals surface area contributed by atoms with Gasteiger partial charge >= 0.3 is 0 Å². The van der Waals surface area contributed by atoms with Crippen LogP contribution in [0.5, 0.6) is 5.88 Å². The molecule has 1 aromatic carbocycles. The van der Waals surface area contributed by atoms with E-state index >= 15 is 0 Å². The monoisotopic (exact) mass is 192 g/mol. The molecule has 72 valence electrons. The molecule has 2 N–H and O–H groups in total. The number of rotatable bonds is 1. The summed E-state index contributed by atoms with van der Waals surface area (Å²) >= 11 is 0. The Labute approximate surface area is 80.2 Å². The predicted molar refractivity (Wildman–Crippen MR) is 50.4 cm³/mol. The van der Waals surface area contributed by atoms with Crippen LogP contribution in [0.1, 0.15) is 5.56 Å². The first-order valence-electron chi connectivity index (χ1n) is 4.17. The van der Waals surface area contributed by atoms with E-state index in [2.05, 4.69) is 9.97 Å². The number of hydrogen-bond acceptors (Lipinski definition) is 2. The summed E-state index contributed by atoms with van der Waals surface area (Å²) in [5, 5.41) is 9.05. The molecule has 14 heavy (non-hydrogen) atoms. The summed E-state index contributed by atoms with van der Waals surface area (Å²) in [4.78, 5) is 6.59. The number of hydrogen-bond donors (Lipinski definition) is 2. The van der Waals surface area contributed by atoms with E-state index in [0.717, 1.165) is 5.56 Å². The highest BCUT2D eigenvalue weighted by Crippen LogP contribution is 2.20. The molecule has 0 saturated heterocycles. The maximum absolute atomic E-state index is 12.9. The van der Waals surface area contributed by atoms with Crippen molar-refractivity contribution in [2.75, 3.05) is 0 Å². The molecule has 0 aliphatic carbocycles. The van der Waals surface area contributed by atoms with Crippen LogP contribution in [-0.2, 0) is 0 Å². The van der Waals surface area contributed by atoms with Gasteiger partial charge in [0, 0.05) is 5.56 Å². The first-order chi connectivity index (χ1) is 6.66. The highest BCUT2D eigenvalue weighted by Gasteiger charge is 2.04. The van der Waals surface area contributed by atoms with E-state index in [9.17, 15) is 4.39 Å². The van der Waals surface area contributed by atoms with E-state index in [1.165, 1.54) is 12.3 Å². The van der Waals surface area contributed by atoms with Crippen molar-refractivity contribution in [3.05, 3.63) is 35.8 Å². The van der Waals surface area contributed by atoms with Gasteiger partial charge in [-0.15, -0.1) is 0 Å². The zero-order valence-electron chi connectivity index (χ0n) is 7.58. The third-order valence-corrected chi connectivity index (χ3v) is 1.99. The third-order valence-electron chi connectivity index (χ3n) is 1.99. The number of aromatic nitrogens is 2. The van der Waals surface area contributed by atoms with Gasteiger partial charge in [0.05, 0.1) is 6.20 Å². The highest BCUT2D eigenvalue weighted by atomic mass is 19.1. The molecule has 0 bridgehead atoms. The van der Waals surface area contributed by atoms with Crippen LogP contribution in [-0.4, -0.2) is 15.1 Å². The van der Waals surface area contributed by atoms with Crippen LogP contribution in [0.3, 0.4) is 0 Å². The van der Waals surface area contributed by atoms with Crippen LogP contribution >= 0.6 is 0 Å². The van der Waals surface area contributed by atoms with Crippen molar-refractivity contribution in [3.8, 4) is 17.3 Å². The lowest BCUT2D eigenvalue weighted by Gasteiger charge is -1.99. The minimum atomic E-state index is -0.246.